The molecule has 2 heterocycles. The number of fused-ring (bicyclic) bond motifs is 1. The van der Waals surface area contributed by atoms with Crippen molar-refractivity contribution in [1.29, 1.82) is 0 Å². The van der Waals surface area contributed by atoms with Crippen LogP contribution in [0.2, 0.25) is 0 Å². The van der Waals surface area contributed by atoms with E-state index in [9.17, 15) is 14.9 Å². The van der Waals surface area contributed by atoms with E-state index in [1.54, 1.807) is 6.07 Å². The lowest BCUT2D eigenvalue weighted by Crippen LogP contribution is -2.31. The Morgan fingerprint density at radius 2 is 1.93 bits per heavy atom. The highest BCUT2D eigenvalue weighted by Crippen LogP contribution is 2.29. The Labute approximate surface area is 174 Å². The van der Waals surface area contributed by atoms with Crippen molar-refractivity contribution in [3.05, 3.63) is 58.1 Å². The maximum absolute atomic E-state index is 13.3. The van der Waals surface area contributed by atoms with Crippen molar-refractivity contribution >= 4 is 34.3 Å². The number of imidazole rings is 1. The van der Waals surface area contributed by atoms with E-state index >= 15 is 0 Å². The van der Waals surface area contributed by atoms with E-state index in [2.05, 4.69) is 22.1 Å². The number of para-hydroxylation sites is 2. The van der Waals surface area contributed by atoms with Crippen molar-refractivity contribution < 1.29 is 9.72 Å². The summed E-state index contributed by atoms with van der Waals surface area (Å²) in [5, 5.41) is 14.2. The number of benzene rings is 2. The fraction of sp³-hybridized carbons (Fsp3) is 0.364. The number of nitro benzene ring substituents is 1. The Hall–Kier alpha value is -3.42. The first-order chi connectivity index (χ1) is 14.6. The van der Waals surface area contributed by atoms with E-state index in [4.69, 9.17) is 0 Å². The molecule has 0 bridgehead atoms. The summed E-state index contributed by atoms with van der Waals surface area (Å²) in [6, 6.07) is 12.2. The van der Waals surface area contributed by atoms with Crippen LogP contribution in [-0.2, 0) is 6.54 Å². The summed E-state index contributed by atoms with van der Waals surface area (Å²) in [7, 11) is 0. The lowest BCUT2D eigenvalue weighted by molar-refractivity contribution is -0.384. The predicted molar refractivity (Wildman–Crippen MR) is 117 cm³/mol. The van der Waals surface area contributed by atoms with E-state index < -0.39 is 4.92 Å². The summed E-state index contributed by atoms with van der Waals surface area (Å²) in [4.78, 5) is 30.8. The van der Waals surface area contributed by atoms with Gasteiger partial charge in [0.05, 0.1) is 27.2 Å². The Bertz CT molecular complexity index is 1090. The van der Waals surface area contributed by atoms with E-state index in [-0.39, 0.29) is 11.6 Å². The third-order valence-corrected chi connectivity index (χ3v) is 5.46. The molecule has 0 radical (unpaired) electrons. The fourth-order valence-corrected chi connectivity index (χ4v) is 4.02. The van der Waals surface area contributed by atoms with Crippen molar-refractivity contribution in [2.75, 3.05) is 23.3 Å². The minimum atomic E-state index is -0.469. The van der Waals surface area contributed by atoms with Crippen molar-refractivity contribution in [1.82, 2.24) is 9.55 Å². The number of nitrogens with zero attached hydrogens (tertiary/aromatic N) is 4. The molecule has 2 aromatic carbocycles. The predicted octanol–water partition coefficient (Wildman–Crippen LogP) is 4.60. The highest BCUT2D eigenvalue weighted by Gasteiger charge is 2.23. The Morgan fingerprint density at radius 1 is 1.17 bits per heavy atom. The number of rotatable bonds is 6. The van der Waals surface area contributed by atoms with Crippen molar-refractivity contribution in [2.24, 2.45) is 0 Å². The Balaban J connectivity index is 1.72. The van der Waals surface area contributed by atoms with Gasteiger partial charge in [-0.2, -0.15) is 0 Å². The van der Waals surface area contributed by atoms with E-state index in [1.807, 2.05) is 28.8 Å². The van der Waals surface area contributed by atoms with Crippen molar-refractivity contribution in [2.45, 2.75) is 39.2 Å². The zero-order valence-electron chi connectivity index (χ0n) is 17.0. The third kappa shape index (κ3) is 3.85. The summed E-state index contributed by atoms with van der Waals surface area (Å²) in [6.07, 6.45) is 4.14. The number of nitro groups is 1. The maximum Gasteiger partial charge on any atom is 0.270 e. The van der Waals surface area contributed by atoms with Gasteiger partial charge in [-0.3, -0.25) is 20.2 Å². The molecular formula is C22H25N5O3. The highest BCUT2D eigenvalue weighted by atomic mass is 16.6. The summed E-state index contributed by atoms with van der Waals surface area (Å²) in [6.45, 7) is 4.46. The highest BCUT2D eigenvalue weighted by molar-refractivity contribution is 6.08. The molecule has 1 N–H and O–H groups in total. The van der Waals surface area contributed by atoms with Crippen molar-refractivity contribution in [3.8, 4) is 0 Å². The summed E-state index contributed by atoms with van der Waals surface area (Å²) in [5.74, 6) is 0.0751. The minimum absolute atomic E-state index is 0.0945. The van der Waals surface area contributed by atoms with E-state index in [1.165, 1.54) is 12.1 Å². The van der Waals surface area contributed by atoms with Crippen LogP contribution < -0.4 is 10.2 Å². The van der Waals surface area contributed by atoms with Gasteiger partial charge >= 0.3 is 0 Å². The van der Waals surface area contributed by atoms with Gasteiger partial charge in [0, 0.05) is 31.8 Å². The maximum atomic E-state index is 13.3. The van der Waals surface area contributed by atoms with Gasteiger partial charge in [0.1, 0.15) is 0 Å². The SMILES string of the molecule is CCCn1c(NC(=O)c2cc([N+](=O)[O-])ccc2N2CCCCC2)nc2ccccc21. The van der Waals surface area contributed by atoms with Crippen LogP contribution >= 0.6 is 0 Å². The molecule has 1 aromatic heterocycles. The molecule has 0 saturated carbocycles. The third-order valence-electron chi connectivity index (χ3n) is 5.46. The van der Waals surface area contributed by atoms with Crippen LogP contribution in [-0.4, -0.2) is 33.5 Å². The number of non-ortho nitro benzene ring substituents is 1. The second-order valence-electron chi connectivity index (χ2n) is 7.54. The summed E-state index contributed by atoms with van der Waals surface area (Å²) in [5.41, 5.74) is 2.70. The smallest absolute Gasteiger partial charge is 0.270 e. The molecule has 8 heteroatoms. The van der Waals surface area contributed by atoms with Gasteiger partial charge in [-0.25, -0.2) is 4.98 Å². The van der Waals surface area contributed by atoms with Gasteiger partial charge in [0.25, 0.3) is 11.6 Å². The number of piperidine rings is 1. The second-order valence-corrected chi connectivity index (χ2v) is 7.54. The van der Waals surface area contributed by atoms with Crippen LogP contribution in [0.1, 0.15) is 43.0 Å². The van der Waals surface area contributed by atoms with Crippen LogP contribution in [0.3, 0.4) is 0 Å². The van der Waals surface area contributed by atoms with Crippen LogP contribution in [0.5, 0.6) is 0 Å². The van der Waals surface area contributed by atoms with Gasteiger partial charge in [0.2, 0.25) is 5.95 Å². The first-order valence-corrected chi connectivity index (χ1v) is 10.4. The van der Waals surface area contributed by atoms with E-state index in [0.29, 0.717) is 18.1 Å². The molecule has 1 saturated heterocycles. The van der Waals surface area contributed by atoms with E-state index in [0.717, 1.165) is 55.5 Å². The van der Waals surface area contributed by atoms with Crippen LogP contribution in [0.25, 0.3) is 11.0 Å². The Kier molecular flexibility index (Phi) is 5.65. The average molecular weight is 407 g/mol. The van der Waals surface area contributed by atoms with Gasteiger partial charge in [0.15, 0.2) is 0 Å². The average Bonchev–Trinajstić information content (AvgIpc) is 3.11. The zero-order chi connectivity index (χ0) is 21.1. The largest absolute Gasteiger partial charge is 0.371 e. The molecule has 156 valence electrons. The molecule has 0 unspecified atom stereocenters. The number of carbonyl (C=O) groups excluding carboxylic acids is 1. The standard InChI is InChI=1S/C22H25N5O3/c1-2-12-26-20-9-5-4-8-18(20)23-22(26)24-21(28)17-15-16(27(29)30)10-11-19(17)25-13-6-3-7-14-25/h4-5,8-11,15H,2-3,6-7,12-14H2,1H3,(H,23,24,28). The van der Waals surface area contributed by atoms with Gasteiger partial charge in [-0.1, -0.05) is 19.1 Å². The quantitative estimate of drug-likeness (QED) is 0.476. The lowest BCUT2D eigenvalue weighted by Gasteiger charge is -2.30. The molecule has 0 atom stereocenters. The molecule has 0 aliphatic carbocycles. The van der Waals surface area contributed by atoms with Gasteiger partial charge < -0.3 is 9.47 Å². The number of hydrogen-bond donors (Lipinski definition) is 1. The molecular weight excluding hydrogens is 382 g/mol. The van der Waals surface area contributed by atoms with Gasteiger partial charge in [-0.05, 0) is 43.9 Å². The first-order valence-electron chi connectivity index (χ1n) is 10.4. The van der Waals surface area contributed by atoms with Gasteiger partial charge in [-0.15, -0.1) is 0 Å². The van der Waals surface area contributed by atoms with Crippen LogP contribution in [0.4, 0.5) is 17.3 Å². The number of aryl methyl sites for hydroxylation is 1. The number of aromatic nitrogens is 2. The molecule has 0 spiro atoms. The molecule has 3 aromatic rings. The fourth-order valence-electron chi connectivity index (χ4n) is 4.02. The molecule has 1 amide bonds. The number of anilines is 2. The topological polar surface area (TPSA) is 93.3 Å². The second kappa shape index (κ2) is 8.52. The molecule has 1 fully saturated rings. The summed E-state index contributed by atoms with van der Waals surface area (Å²) < 4.78 is 1.98. The summed E-state index contributed by atoms with van der Waals surface area (Å²) >= 11 is 0. The number of amides is 1. The number of hydrogen-bond acceptors (Lipinski definition) is 5. The number of nitrogens with one attached hydrogen (secondary N) is 1. The van der Waals surface area contributed by atoms with Crippen molar-refractivity contribution in [3.63, 3.8) is 0 Å². The van der Waals surface area contributed by atoms with Crippen LogP contribution in [0, 0.1) is 10.1 Å². The molecule has 1 aliphatic heterocycles. The molecule has 4 rings (SSSR count). The number of carbonyl (C=O) groups is 1. The Morgan fingerprint density at radius 3 is 2.67 bits per heavy atom. The minimum Gasteiger partial charge on any atom is -0.371 e. The molecule has 8 nitrogen and oxygen atoms in total. The lowest BCUT2D eigenvalue weighted by atomic mass is 10.1. The monoisotopic (exact) mass is 407 g/mol. The first kappa shape index (κ1) is 19.9. The van der Waals surface area contributed by atoms with Crippen LogP contribution in [0.15, 0.2) is 42.5 Å². The normalized spacial score (nSPS) is 14.1. The zero-order valence-corrected chi connectivity index (χ0v) is 17.0. The molecule has 1 aliphatic rings. The molecule has 30 heavy (non-hydrogen) atoms.